The second-order valence-electron chi connectivity index (χ2n) is 5.91. The van der Waals surface area contributed by atoms with Crippen molar-refractivity contribution in [3.05, 3.63) is 30.4 Å². The van der Waals surface area contributed by atoms with Crippen molar-refractivity contribution < 1.29 is 4.79 Å². The zero-order valence-electron chi connectivity index (χ0n) is 13.3. The van der Waals surface area contributed by atoms with Crippen molar-refractivity contribution in [3.8, 4) is 11.4 Å². The van der Waals surface area contributed by atoms with Crippen molar-refractivity contribution in [1.82, 2.24) is 30.4 Å². The number of pyridine rings is 1. The highest BCUT2D eigenvalue weighted by atomic mass is 16.2. The molecule has 2 aromatic heterocycles. The third kappa shape index (κ3) is 3.92. The average molecular weight is 314 g/mol. The van der Waals surface area contributed by atoms with Gasteiger partial charge in [0.25, 0.3) is 0 Å². The third-order valence-corrected chi connectivity index (χ3v) is 4.22. The van der Waals surface area contributed by atoms with Gasteiger partial charge in [0, 0.05) is 18.0 Å². The number of nitrogens with zero attached hydrogens (tertiary/aromatic N) is 4. The summed E-state index contributed by atoms with van der Waals surface area (Å²) in [7, 11) is 2.02. The van der Waals surface area contributed by atoms with E-state index in [0.717, 1.165) is 31.4 Å². The van der Waals surface area contributed by atoms with Gasteiger partial charge in [0.2, 0.25) is 5.91 Å². The Bertz CT molecular complexity index is 641. The number of likely N-dealkylation sites (N-methyl/N-ethyl adjacent to an activating group) is 1. The predicted octanol–water partition coefficient (Wildman–Crippen LogP) is 1.36. The maximum Gasteiger partial charge on any atom is 0.237 e. The highest BCUT2D eigenvalue weighted by Crippen LogP contribution is 2.15. The number of hydrogen-bond donors (Lipinski definition) is 2. The van der Waals surface area contributed by atoms with Crippen LogP contribution in [-0.2, 0) is 11.3 Å². The largest absolute Gasteiger partial charge is 0.347 e. The molecule has 0 bridgehead atoms. The van der Waals surface area contributed by atoms with Crippen molar-refractivity contribution in [3.63, 3.8) is 0 Å². The van der Waals surface area contributed by atoms with Gasteiger partial charge in [-0.3, -0.25) is 19.8 Å². The summed E-state index contributed by atoms with van der Waals surface area (Å²) in [6.07, 6.45) is 7.80. The Kier molecular flexibility index (Phi) is 4.97. The van der Waals surface area contributed by atoms with Gasteiger partial charge < -0.3 is 5.32 Å². The molecule has 3 heterocycles. The molecule has 122 valence electrons. The number of aromatic amines is 1. The van der Waals surface area contributed by atoms with Crippen molar-refractivity contribution in [2.45, 2.75) is 38.3 Å². The van der Waals surface area contributed by atoms with Crippen molar-refractivity contribution in [1.29, 1.82) is 0 Å². The molecule has 1 aliphatic rings. The Morgan fingerprint density at radius 1 is 1.35 bits per heavy atom. The van der Waals surface area contributed by atoms with Crippen LogP contribution in [0.2, 0.25) is 0 Å². The Labute approximate surface area is 135 Å². The van der Waals surface area contributed by atoms with E-state index in [-0.39, 0.29) is 11.9 Å². The number of nitrogens with one attached hydrogen (secondary N) is 2. The summed E-state index contributed by atoms with van der Waals surface area (Å²) < 4.78 is 0. The standard InChI is InChI=1S/C16H22N6O/c1-22-10-4-2-3-5-13(22)16(23)18-11-14-19-15(21-20-14)12-6-8-17-9-7-12/h6-9,13H,2-5,10-11H2,1H3,(H,18,23)(H,19,20,21)/t13-/m1/s1. The van der Waals surface area contributed by atoms with Gasteiger partial charge in [0.1, 0.15) is 5.82 Å². The van der Waals surface area contributed by atoms with Crippen LogP contribution in [0.25, 0.3) is 11.4 Å². The zero-order chi connectivity index (χ0) is 16.1. The molecule has 2 aromatic rings. The lowest BCUT2D eigenvalue weighted by molar-refractivity contribution is -0.126. The van der Waals surface area contributed by atoms with E-state index in [0.29, 0.717) is 18.2 Å². The summed E-state index contributed by atoms with van der Waals surface area (Å²) >= 11 is 0. The molecule has 0 spiro atoms. The van der Waals surface area contributed by atoms with Gasteiger partial charge in [-0.15, -0.1) is 0 Å². The molecule has 0 aliphatic carbocycles. The maximum atomic E-state index is 12.4. The minimum absolute atomic E-state index is 0.0416. The molecule has 1 amide bonds. The van der Waals surface area contributed by atoms with Crippen LogP contribution in [0.4, 0.5) is 0 Å². The van der Waals surface area contributed by atoms with Crippen LogP contribution >= 0.6 is 0 Å². The first kappa shape index (κ1) is 15.6. The fourth-order valence-corrected chi connectivity index (χ4v) is 2.88. The maximum absolute atomic E-state index is 12.4. The first-order valence-electron chi connectivity index (χ1n) is 8.03. The molecule has 7 nitrogen and oxygen atoms in total. The first-order valence-corrected chi connectivity index (χ1v) is 8.03. The molecule has 0 unspecified atom stereocenters. The molecule has 2 N–H and O–H groups in total. The topological polar surface area (TPSA) is 86.8 Å². The van der Waals surface area contributed by atoms with Crippen LogP contribution in [0.5, 0.6) is 0 Å². The van der Waals surface area contributed by atoms with Gasteiger partial charge in [-0.25, -0.2) is 4.98 Å². The molecule has 1 atom stereocenters. The van der Waals surface area contributed by atoms with E-state index in [9.17, 15) is 4.79 Å². The lowest BCUT2D eigenvalue weighted by atomic mass is 10.1. The number of hydrogen-bond acceptors (Lipinski definition) is 5. The highest BCUT2D eigenvalue weighted by molar-refractivity contribution is 5.81. The van der Waals surface area contributed by atoms with E-state index in [1.165, 1.54) is 6.42 Å². The number of H-pyrrole nitrogens is 1. The van der Waals surface area contributed by atoms with E-state index in [4.69, 9.17) is 0 Å². The van der Waals surface area contributed by atoms with E-state index >= 15 is 0 Å². The monoisotopic (exact) mass is 314 g/mol. The van der Waals surface area contributed by atoms with Crippen LogP contribution in [0.3, 0.4) is 0 Å². The zero-order valence-corrected chi connectivity index (χ0v) is 13.3. The van der Waals surface area contributed by atoms with E-state index in [1.807, 2.05) is 19.2 Å². The van der Waals surface area contributed by atoms with Crippen molar-refractivity contribution in [2.24, 2.45) is 0 Å². The number of aromatic nitrogens is 4. The highest BCUT2D eigenvalue weighted by Gasteiger charge is 2.24. The van der Waals surface area contributed by atoms with Gasteiger partial charge in [-0.05, 0) is 38.6 Å². The molecule has 0 saturated carbocycles. The second kappa shape index (κ2) is 7.32. The Morgan fingerprint density at radius 3 is 3.00 bits per heavy atom. The molecule has 1 saturated heterocycles. The molecule has 0 aromatic carbocycles. The molecule has 1 fully saturated rings. The van der Waals surface area contributed by atoms with Crippen molar-refractivity contribution in [2.75, 3.05) is 13.6 Å². The Hall–Kier alpha value is -2.28. The molecular formula is C16H22N6O. The number of rotatable bonds is 4. The third-order valence-electron chi connectivity index (χ3n) is 4.22. The molecule has 7 heteroatoms. The summed E-state index contributed by atoms with van der Waals surface area (Å²) in [5.41, 5.74) is 0.900. The number of amides is 1. The lowest BCUT2D eigenvalue weighted by Gasteiger charge is -2.24. The van der Waals surface area contributed by atoms with Gasteiger partial charge in [-0.2, -0.15) is 5.10 Å². The summed E-state index contributed by atoms with van der Waals surface area (Å²) in [6, 6.07) is 3.66. The molecule has 1 aliphatic heterocycles. The normalized spacial score (nSPS) is 19.3. The summed E-state index contributed by atoms with van der Waals surface area (Å²) in [5, 5.41) is 10.0. The van der Waals surface area contributed by atoms with E-state index in [1.54, 1.807) is 12.4 Å². The predicted molar refractivity (Wildman–Crippen MR) is 86.3 cm³/mol. The quantitative estimate of drug-likeness (QED) is 0.890. The van der Waals surface area contributed by atoms with Gasteiger partial charge >= 0.3 is 0 Å². The molecule has 0 radical (unpaired) electrons. The van der Waals surface area contributed by atoms with Crippen LogP contribution in [0.1, 0.15) is 31.5 Å². The van der Waals surface area contributed by atoms with Gasteiger partial charge in [-0.1, -0.05) is 12.8 Å². The van der Waals surface area contributed by atoms with E-state index < -0.39 is 0 Å². The smallest absolute Gasteiger partial charge is 0.237 e. The Morgan fingerprint density at radius 2 is 2.17 bits per heavy atom. The summed E-state index contributed by atoms with van der Waals surface area (Å²) in [5.74, 6) is 1.33. The number of carbonyl (C=O) groups excluding carboxylic acids is 1. The van der Waals surface area contributed by atoms with Gasteiger partial charge in [0.15, 0.2) is 5.82 Å². The minimum atomic E-state index is -0.0416. The fourth-order valence-electron chi connectivity index (χ4n) is 2.88. The van der Waals surface area contributed by atoms with Crippen LogP contribution in [0.15, 0.2) is 24.5 Å². The minimum Gasteiger partial charge on any atom is -0.347 e. The van der Waals surface area contributed by atoms with Crippen LogP contribution in [-0.4, -0.2) is 50.6 Å². The molecule has 23 heavy (non-hydrogen) atoms. The fraction of sp³-hybridized carbons (Fsp3) is 0.500. The van der Waals surface area contributed by atoms with Crippen LogP contribution in [0, 0.1) is 0 Å². The first-order chi connectivity index (χ1) is 11.2. The molecule has 3 rings (SSSR count). The van der Waals surface area contributed by atoms with Crippen molar-refractivity contribution >= 4 is 5.91 Å². The Balaban J connectivity index is 1.58. The number of likely N-dealkylation sites (tertiary alicyclic amines) is 1. The molecular weight excluding hydrogens is 292 g/mol. The number of carbonyl (C=O) groups is 1. The summed E-state index contributed by atoms with van der Waals surface area (Å²) in [4.78, 5) is 22.9. The lowest BCUT2D eigenvalue weighted by Crippen LogP contribution is -2.44. The second-order valence-corrected chi connectivity index (χ2v) is 5.91. The van der Waals surface area contributed by atoms with Crippen LogP contribution < -0.4 is 5.32 Å². The summed E-state index contributed by atoms with van der Waals surface area (Å²) in [6.45, 7) is 1.34. The van der Waals surface area contributed by atoms with E-state index in [2.05, 4.69) is 30.4 Å². The van der Waals surface area contributed by atoms with Gasteiger partial charge in [0.05, 0.1) is 12.6 Å². The SMILES string of the molecule is CN1CCCCC[C@@H]1C(=O)NCc1nc(-c2ccncc2)n[nH]1. The average Bonchev–Trinajstić information content (AvgIpc) is 2.95.